The van der Waals surface area contributed by atoms with Crippen LogP contribution < -0.4 is 10.9 Å². The summed E-state index contributed by atoms with van der Waals surface area (Å²) >= 11 is 0. The van der Waals surface area contributed by atoms with E-state index < -0.39 is 0 Å². The van der Waals surface area contributed by atoms with Crippen LogP contribution in [0.3, 0.4) is 0 Å². The molecule has 0 amide bonds. The van der Waals surface area contributed by atoms with Crippen LogP contribution in [0.15, 0.2) is 168 Å². The molecule has 6 aromatic rings. The lowest BCUT2D eigenvalue weighted by atomic mass is 9.96. The van der Waals surface area contributed by atoms with Crippen LogP contribution in [0.2, 0.25) is 0 Å². The highest BCUT2D eigenvalue weighted by Crippen LogP contribution is 2.29. The zero-order valence-corrected chi connectivity index (χ0v) is 24.4. The number of hydrogen-bond donors (Lipinski definition) is 3. The smallest absolute Gasteiger partial charge is 0.228 e. The van der Waals surface area contributed by atoms with E-state index in [9.17, 15) is 0 Å². The van der Waals surface area contributed by atoms with Crippen molar-refractivity contribution in [2.24, 2.45) is 9.98 Å². The number of amidine groups is 1. The highest BCUT2D eigenvalue weighted by Gasteiger charge is 2.20. The van der Waals surface area contributed by atoms with Crippen molar-refractivity contribution in [3.63, 3.8) is 0 Å². The van der Waals surface area contributed by atoms with Gasteiger partial charge in [0.15, 0.2) is 5.84 Å². The zero-order valence-electron chi connectivity index (χ0n) is 24.4. The molecular formula is C39H30N6. The molecule has 1 atom stereocenters. The highest BCUT2D eigenvalue weighted by atomic mass is 15.1. The summed E-state index contributed by atoms with van der Waals surface area (Å²) in [6.45, 7) is 0. The van der Waals surface area contributed by atoms with Crippen molar-refractivity contribution in [2.75, 3.05) is 0 Å². The number of aromatic nitrogens is 2. The summed E-state index contributed by atoms with van der Waals surface area (Å²) < 4.78 is 0. The Kier molecular flexibility index (Phi) is 7.76. The van der Waals surface area contributed by atoms with Gasteiger partial charge in [-0.25, -0.2) is 4.98 Å². The standard InChI is InChI=1S/C39H30N6/c40-37(45-39-41-22-9-23-42-39)34-17-8-15-32(25-34)31-14-7-16-33(24-31)36-26-35(43-38(44-36)30-12-5-2-6-13-30)29-20-18-28(19-21-29)27-10-3-1-4-11-27/h1-26,38,43H,(H2,40,41,42,45). The van der Waals surface area contributed by atoms with Gasteiger partial charge in [0.05, 0.1) is 5.71 Å². The maximum atomic E-state index is 8.54. The third-order valence-corrected chi connectivity index (χ3v) is 7.70. The van der Waals surface area contributed by atoms with Gasteiger partial charge in [-0.15, -0.1) is 0 Å². The number of aromatic amines is 1. The van der Waals surface area contributed by atoms with Gasteiger partial charge in [-0.3, -0.25) is 10.4 Å². The molecule has 216 valence electrons. The summed E-state index contributed by atoms with van der Waals surface area (Å²) in [4.78, 5) is 16.6. The van der Waals surface area contributed by atoms with E-state index in [1.165, 1.54) is 11.1 Å². The summed E-state index contributed by atoms with van der Waals surface area (Å²) in [6, 6.07) is 47.4. The summed E-state index contributed by atoms with van der Waals surface area (Å²) in [7, 11) is 0. The minimum atomic E-state index is -0.229. The number of allylic oxidation sites excluding steroid dienone is 1. The topological polar surface area (TPSA) is 89.3 Å². The van der Waals surface area contributed by atoms with Crippen LogP contribution in [0.4, 0.5) is 0 Å². The van der Waals surface area contributed by atoms with E-state index in [0.717, 1.165) is 39.2 Å². The first-order valence-electron chi connectivity index (χ1n) is 14.8. The van der Waals surface area contributed by atoms with Crippen LogP contribution in [0.5, 0.6) is 0 Å². The molecular weight excluding hydrogens is 552 g/mol. The van der Waals surface area contributed by atoms with E-state index >= 15 is 0 Å². The number of nitrogens with one attached hydrogen (secondary N) is 3. The van der Waals surface area contributed by atoms with Gasteiger partial charge < -0.3 is 10.3 Å². The number of aliphatic imine (C=N–C) groups is 1. The molecule has 1 unspecified atom stereocenters. The average molecular weight is 583 g/mol. The Hall–Kier alpha value is -6.14. The zero-order chi connectivity index (χ0) is 30.4. The van der Waals surface area contributed by atoms with E-state index in [0.29, 0.717) is 11.2 Å². The summed E-state index contributed by atoms with van der Waals surface area (Å²) in [5, 5.41) is 12.2. The fraction of sp³-hybridized carbons (Fsp3) is 0.0256. The van der Waals surface area contributed by atoms with Crippen LogP contribution in [0, 0.1) is 5.41 Å². The quantitative estimate of drug-likeness (QED) is 0.138. The van der Waals surface area contributed by atoms with Crippen LogP contribution in [0.1, 0.15) is 28.4 Å². The van der Waals surface area contributed by atoms with Gasteiger partial charge in [0.1, 0.15) is 6.17 Å². The van der Waals surface area contributed by atoms with Crippen molar-refractivity contribution in [3.05, 3.63) is 186 Å². The molecule has 0 aliphatic carbocycles. The van der Waals surface area contributed by atoms with Crippen molar-refractivity contribution in [3.8, 4) is 22.3 Å². The first kappa shape index (κ1) is 27.7. The molecule has 45 heavy (non-hydrogen) atoms. The molecule has 0 saturated heterocycles. The molecule has 3 N–H and O–H groups in total. The third-order valence-electron chi connectivity index (χ3n) is 7.70. The van der Waals surface area contributed by atoms with Crippen LogP contribution in [0.25, 0.3) is 28.0 Å². The largest absolute Gasteiger partial charge is 0.360 e. The molecule has 1 aromatic heterocycles. The molecule has 0 spiro atoms. The number of hydrogen-bond acceptors (Lipinski definition) is 4. The number of rotatable bonds is 6. The second-order valence-corrected chi connectivity index (χ2v) is 10.7. The maximum Gasteiger partial charge on any atom is 0.228 e. The lowest BCUT2D eigenvalue weighted by Crippen LogP contribution is -2.24. The number of H-pyrrole nitrogens is 1. The van der Waals surface area contributed by atoms with Crippen LogP contribution in [-0.4, -0.2) is 21.5 Å². The molecule has 6 nitrogen and oxygen atoms in total. The fourth-order valence-electron chi connectivity index (χ4n) is 5.38. The highest BCUT2D eigenvalue weighted by molar-refractivity contribution is 6.13. The molecule has 1 aliphatic rings. The van der Waals surface area contributed by atoms with Crippen molar-refractivity contribution in [2.45, 2.75) is 6.17 Å². The summed E-state index contributed by atoms with van der Waals surface area (Å²) in [5.41, 5.74) is 10.6. The molecule has 7 rings (SSSR count). The van der Waals surface area contributed by atoms with E-state index in [-0.39, 0.29) is 12.0 Å². The Morgan fingerprint density at radius 2 is 1.27 bits per heavy atom. The second kappa shape index (κ2) is 12.6. The van der Waals surface area contributed by atoms with E-state index in [2.05, 4.69) is 117 Å². The van der Waals surface area contributed by atoms with Gasteiger partial charge in [-0.1, -0.05) is 121 Å². The Balaban J connectivity index is 1.23. The van der Waals surface area contributed by atoms with Crippen LogP contribution >= 0.6 is 0 Å². The normalized spacial score (nSPS) is 14.7. The molecule has 0 saturated carbocycles. The number of nitrogens with zero attached hydrogens (tertiary/aromatic N) is 3. The van der Waals surface area contributed by atoms with Crippen molar-refractivity contribution < 1.29 is 0 Å². The van der Waals surface area contributed by atoms with Gasteiger partial charge in [0, 0.05) is 29.2 Å². The first-order valence-corrected chi connectivity index (χ1v) is 14.8. The van der Waals surface area contributed by atoms with Gasteiger partial charge in [-0.2, -0.15) is 4.99 Å². The second-order valence-electron chi connectivity index (χ2n) is 10.7. The first-order chi connectivity index (χ1) is 22.2. The molecule has 0 fully saturated rings. The Morgan fingerprint density at radius 1 is 0.622 bits per heavy atom. The lowest BCUT2D eigenvalue weighted by molar-refractivity contribution is 0.664. The van der Waals surface area contributed by atoms with Gasteiger partial charge in [-0.05, 0) is 57.7 Å². The SMILES string of the molecule is N=C(N=c1nccc[nH]1)c1cccc(-c2cccc(C3=NC(c4ccccc4)NC(c4ccc(-c5ccccc5)cc4)=C3)c2)c1. The Bertz CT molecular complexity index is 2070. The Morgan fingerprint density at radius 3 is 2.02 bits per heavy atom. The fourth-order valence-corrected chi connectivity index (χ4v) is 5.38. The summed E-state index contributed by atoms with van der Waals surface area (Å²) in [5.74, 6) is 0.141. The minimum Gasteiger partial charge on any atom is -0.360 e. The van der Waals surface area contributed by atoms with Gasteiger partial charge >= 0.3 is 0 Å². The molecule has 6 heteroatoms. The van der Waals surface area contributed by atoms with Gasteiger partial charge in [0.25, 0.3) is 0 Å². The van der Waals surface area contributed by atoms with E-state index in [1.54, 1.807) is 18.5 Å². The molecule has 5 aromatic carbocycles. The lowest BCUT2D eigenvalue weighted by Gasteiger charge is -2.25. The van der Waals surface area contributed by atoms with Crippen molar-refractivity contribution in [1.29, 1.82) is 5.41 Å². The monoisotopic (exact) mass is 582 g/mol. The minimum absolute atomic E-state index is 0.141. The predicted molar refractivity (Wildman–Crippen MR) is 182 cm³/mol. The average Bonchev–Trinajstić information content (AvgIpc) is 3.13. The molecule has 2 heterocycles. The van der Waals surface area contributed by atoms with E-state index in [4.69, 9.17) is 10.4 Å². The van der Waals surface area contributed by atoms with Crippen molar-refractivity contribution >= 4 is 17.2 Å². The molecule has 0 bridgehead atoms. The third kappa shape index (κ3) is 6.31. The van der Waals surface area contributed by atoms with Crippen molar-refractivity contribution in [1.82, 2.24) is 15.3 Å². The van der Waals surface area contributed by atoms with E-state index in [1.807, 2.05) is 42.5 Å². The molecule has 0 radical (unpaired) electrons. The van der Waals surface area contributed by atoms with Gasteiger partial charge in [0.2, 0.25) is 5.62 Å². The summed E-state index contributed by atoms with van der Waals surface area (Å²) in [6.07, 6.45) is 5.29. The maximum absolute atomic E-state index is 8.54. The number of benzene rings is 5. The Labute approximate surface area is 261 Å². The van der Waals surface area contributed by atoms with Crippen LogP contribution in [-0.2, 0) is 0 Å². The molecule has 1 aliphatic heterocycles. The predicted octanol–water partition coefficient (Wildman–Crippen LogP) is 7.80.